The minimum Gasteiger partial charge on any atom is -0.378 e. The number of anilines is 3. The highest BCUT2D eigenvalue weighted by Crippen LogP contribution is 2.25. The zero-order valence-electron chi connectivity index (χ0n) is 18.9. The van der Waals surface area contributed by atoms with Gasteiger partial charge in [-0.25, -0.2) is 0 Å². The van der Waals surface area contributed by atoms with Crippen LogP contribution in [-0.4, -0.2) is 65.5 Å². The van der Waals surface area contributed by atoms with E-state index in [9.17, 15) is 0 Å². The monoisotopic (exact) mass is 444 g/mol. The Morgan fingerprint density at radius 1 is 0.906 bits per heavy atom. The summed E-state index contributed by atoms with van der Waals surface area (Å²) in [6.07, 6.45) is 6.49. The van der Waals surface area contributed by atoms with Gasteiger partial charge in [-0.3, -0.25) is 4.98 Å². The molecular formula is C22H36N8O2. The second-order valence-electron chi connectivity index (χ2n) is 8.02. The molecule has 0 aliphatic heterocycles. The van der Waals surface area contributed by atoms with E-state index >= 15 is 0 Å². The molecule has 0 saturated heterocycles. The van der Waals surface area contributed by atoms with E-state index in [1.807, 2.05) is 18.2 Å². The summed E-state index contributed by atoms with van der Waals surface area (Å²) >= 11 is 0. The lowest BCUT2D eigenvalue weighted by Crippen LogP contribution is -2.27. The lowest BCUT2D eigenvalue weighted by molar-refractivity contribution is 0.0547. The third-order valence-corrected chi connectivity index (χ3v) is 5.30. The van der Waals surface area contributed by atoms with Gasteiger partial charge in [0.1, 0.15) is 0 Å². The third kappa shape index (κ3) is 8.89. The highest BCUT2D eigenvalue weighted by atomic mass is 16.5. The normalized spacial score (nSPS) is 18.3. The molecule has 1 aliphatic carbocycles. The quantitative estimate of drug-likeness (QED) is 0.322. The van der Waals surface area contributed by atoms with E-state index in [0.29, 0.717) is 69.9 Å². The van der Waals surface area contributed by atoms with Crippen molar-refractivity contribution in [1.82, 2.24) is 19.9 Å². The molecule has 0 unspecified atom stereocenters. The number of hydrogen-bond acceptors (Lipinski definition) is 10. The summed E-state index contributed by atoms with van der Waals surface area (Å²) in [5, 5.41) is 9.97. The fraction of sp³-hybridized carbons (Fsp3) is 0.636. The number of hydrogen-bond donors (Lipinski definition) is 4. The van der Waals surface area contributed by atoms with Crippen LogP contribution < -0.4 is 21.7 Å². The second kappa shape index (κ2) is 13.8. The molecule has 10 heteroatoms. The van der Waals surface area contributed by atoms with E-state index < -0.39 is 0 Å². The maximum absolute atomic E-state index is 5.56. The van der Waals surface area contributed by atoms with Crippen molar-refractivity contribution in [3.05, 3.63) is 30.1 Å². The highest BCUT2D eigenvalue weighted by Gasteiger charge is 2.19. The Morgan fingerprint density at radius 3 is 2.34 bits per heavy atom. The van der Waals surface area contributed by atoms with Crippen LogP contribution in [0.25, 0.3) is 0 Å². The zero-order valence-corrected chi connectivity index (χ0v) is 18.9. The molecular weight excluding hydrogens is 408 g/mol. The molecule has 0 bridgehead atoms. The summed E-state index contributed by atoms with van der Waals surface area (Å²) in [6.45, 7) is 6.11. The predicted molar refractivity (Wildman–Crippen MR) is 126 cm³/mol. The Bertz CT molecular complexity index is 772. The van der Waals surface area contributed by atoms with Crippen molar-refractivity contribution in [1.29, 1.82) is 0 Å². The Kier molecular flexibility index (Phi) is 10.4. The van der Waals surface area contributed by atoms with Crippen molar-refractivity contribution < 1.29 is 9.47 Å². The Balaban J connectivity index is 1.54. The van der Waals surface area contributed by atoms with Crippen LogP contribution in [0.1, 0.15) is 38.3 Å². The highest BCUT2D eigenvalue weighted by molar-refractivity contribution is 5.42. The van der Waals surface area contributed by atoms with Crippen molar-refractivity contribution in [2.75, 3.05) is 55.5 Å². The van der Waals surface area contributed by atoms with Crippen LogP contribution in [-0.2, 0) is 16.0 Å². The lowest BCUT2D eigenvalue weighted by atomic mass is 9.87. The first kappa shape index (κ1) is 24.1. The Labute approximate surface area is 190 Å². The van der Waals surface area contributed by atoms with E-state index in [-0.39, 0.29) is 0 Å². The number of rotatable bonds is 14. The van der Waals surface area contributed by atoms with Crippen LogP contribution in [0.15, 0.2) is 24.4 Å². The molecule has 2 aromatic heterocycles. The third-order valence-electron chi connectivity index (χ3n) is 5.30. The Morgan fingerprint density at radius 2 is 1.62 bits per heavy atom. The van der Waals surface area contributed by atoms with Gasteiger partial charge in [-0.2, -0.15) is 15.0 Å². The summed E-state index contributed by atoms with van der Waals surface area (Å²) in [5.41, 5.74) is 6.31. The van der Waals surface area contributed by atoms with Crippen LogP contribution >= 0.6 is 0 Å². The summed E-state index contributed by atoms with van der Waals surface area (Å²) in [7, 11) is 0. The van der Waals surface area contributed by atoms with Gasteiger partial charge in [0.15, 0.2) is 0 Å². The van der Waals surface area contributed by atoms with E-state index in [0.717, 1.165) is 24.5 Å². The van der Waals surface area contributed by atoms with E-state index in [4.69, 9.17) is 15.2 Å². The van der Waals surface area contributed by atoms with Gasteiger partial charge < -0.3 is 31.2 Å². The van der Waals surface area contributed by atoms with Gasteiger partial charge in [-0.1, -0.05) is 13.0 Å². The number of pyridine rings is 1. The number of aromatic nitrogens is 4. The number of nitrogens with one attached hydrogen (secondary N) is 3. The van der Waals surface area contributed by atoms with Crippen LogP contribution in [0.2, 0.25) is 0 Å². The molecule has 0 spiro atoms. The summed E-state index contributed by atoms with van der Waals surface area (Å²) in [4.78, 5) is 18.0. The molecule has 3 rings (SSSR count). The predicted octanol–water partition coefficient (Wildman–Crippen LogP) is 2.27. The van der Waals surface area contributed by atoms with Gasteiger partial charge in [-0.15, -0.1) is 0 Å². The molecule has 0 radical (unpaired) electrons. The van der Waals surface area contributed by atoms with Gasteiger partial charge in [0.25, 0.3) is 0 Å². The summed E-state index contributed by atoms with van der Waals surface area (Å²) in [6, 6.07) is 6.21. The molecule has 2 heterocycles. The molecule has 0 atom stereocenters. The lowest BCUT2D eigenvalue weighted by Gasteiger charge is -2.27. The molecule has 5 N–H and O–H groups in total. The fourth-order valence-electron chi connectivity index (χ4n) is 3.50. The van der Waals surface area contributed by atoms with Crippen molar-refractivity contribution in [2.45, 2.75) is 45.2 Å². The molecule has 2 aromatic rings. The molecule has 0 aromatic carbocycles. The second-order valence-corrected chi connectivity index (χ2v) is 8.02. The van der Waals surface area contributed by atoms with E-state index in [1.54, 1.807) is 6.20 Å². The minimum atomic E-state index is 0.391. The smallest absolute Gasteiger partial charge is 0.229 e. The van der Waals surface area contributed by atoms with Gasteiger partial charge in [0.05, 0.1) is 38.7 Å². The molecule has 0 amide bonds. The average Bonchev–Trinajstić information content (AvgIpc) is 2.82. The largest absolute Gasteiger partial charge is 0.378 e. The maximum Gasteiger partial charge on any atom is 0.229 e. The maximum atomic E-state index is 5.56. The van der Waals surface area contributed by atoms with Gasteiger partial charge >= 0.3 is 0 Å². The summed E-state index contributed by atoms with van der Waals surface area (Å²) < 4.78 is 10.9. The van der Waals surface area contributed by atoms with Crippen LogP contribution in [0, 0.1) is 5.92 Å². The number of nitrogens with zero attached hydrogens (tertiary/aromatic N) is 4. The summed E-state index contributed by atoms with van der Waals surface area (Å²) in [5.74, 6) is 2.40. The van der Waals surface area contributed by atoms with Gasteiger partial charge in [-0.05, 0) is 43.7 Å². The molecule has 32 heavy (non-hydrogen) atoms. The standard InChI is InChI=1S/C22H36N8O2/c1-17-5-7-18(8-6-17)27-22-29-20(25-11-13-32-15-14-31-12-9-23)28-21(30-22)26-16-19-4-2-3-10-24-19/h2-4,10,17-18H,5-9,11-16,23H2,1H3,(H3,25,26,27,28,29,30). The first-order chi connectivity index (χ1) is 15.7. The molecule has 176 valence electrons. The molecule has 1 fully saturated rings. The van der Waals surface area contributed by atoms with Gasteiger partial charge in [0.2, 0.25) is 17.8 Å². The molecule has 10 nitrogen and oxygen atoms in total. The van der Waals surface area contributed by atoms with Crippen molar-refractivity contribution in [3.8, 4) is 0 Å². The van der Waals surface area contributed by atoms with E-state index in [1.165, 1.54) is 12.8 Å². The fourth-order valence-corrected chi connectivity index (χ4v) is 3.50. The minimum absolute atomic E-state index is 0.391. The van der Waals surface area contributed by atoms with Crippen molar-refractivity contribution in [3.63, 3.8) is 0 Å². The Hall–Kier alpha value is -2.56. The van der Waals surface area contributed by atoms with Crippen LogP contribution in [0.4, 0.5) is 17.8 Å². The van der Waals surface area contributed by atoms with Crippen LogP contribution in [0.5, 0.6) is 0 Å². The molecule has 1 saturated carbocycles. The average molecular weight is 445 g/mol. The number of nitrogens with two attached hydrogens (primary N) is 1. The zero-order chi connectivity index (χ0) is 22.4. The number of ether oxygens (including phenoxy) is 2. The van der Waals surface area contributed by atoms with Crippen LogP contribution in [0.3, 0.4) is 0 Å². The topological polar surface area (TPSA) is 132 Å². The van der Waals surface area contributed by atoms with Gasteiger partial charge in [0, 0.05) is 25.3 Å². The van der Waals surface area contributed by atoms with E-state index in [2.05, 4.69) is 42.8 Å². The molecule has 1 aliphatic rings. The first-order valence-electron chi connectivity index (χ1n) is 11.5. The SMILES string of the molecule is CC1CCC(Nc2nc(NCCOCCOCCN)nc(NCc3ccccn3)n2)CC1. The van der Waals surface area contributed by atoms with Crippen molar-refractivity contribution >= 4 is 17.8 Å². The van der Waals surface area contributed by atoms with Crippen molar-refractivity contribution in [2.24, 2.45) is 11.7 Å². The first-order valence-corrected chi connectivity index (χ1v) is 11.5.